The number of aryl methyl sites for hydroxylation is 2. The zero-order valence-corrected chi connectivity index (χ0v) is 18.6. The van der Waals surface area contributed by atoms with Crippen LogP contribution in [0.5, 0.6) is 0 Å². The van der Waals surface area contributed by atoms with Gasteiger partial charge in [0.1, 0.15) is 5.69 Å². The summed E-state index contributed by atoms with van der Waals surface area (Å²) in [6, 6.07) is 17.9. The summed E-state index contributed by atoms with van der Waals surface area (Å²) in [6.07, 6.45) is 2.83. The van der Waals surface area contributed by atoms with E-state index in [1.165, 1.54) is 10.5 Å². The van der Waals surface area contributed by atoms with E-state index in [0.29, 0.717) is 31.9 Å². The molecule has 3 aromatic rings. The Hall–Kier alpha value is -3.06. The zero-order valence-electron chi connectivity index (χ0n) is 17.8. The summed E-state index contributed by atoms with van der Waals surface area (Å²) in [5.41, 5.74) is 4.06. The van der Waals surface area contributed by atoms with Gasteiger partial charge in [0.25, 0.3) is 11.8 Å². The van der Waals surface area contributed by atoms with Crippen molar-refractivity contribution >= 4 is 23.6 Å². The van der Waals surface area contributed by atoms with E-state index in [-0.39, 0.29) is 17.5 Å². The largest absolute Gasteiger partial charge is 0.347 e. The summed E-state index contributed by atoms with van der Waals surface area (Å²) < 4.78 is 1.67. The molecular formula is C24H26N4O2S. The van der Waals surface area contributed by atoms with Gasteiger partial charge in [-0.25, -0.2) is 0 Å². The van der Waals surface area contributed by atoms with E-state index in [9.17, 15) is 9.59 Å². The van der Waals surface area contributed by atoms with Crippen LogP contribution in [-0.4, -0.2) is 39.3 Å². The average Bonchev–Trinajstić information content (AvgIpc) is 3.16. The van der Waals surface area contributed by atoms with E-state index < -0.39 is 0 Å². The van der Waals surface area contributed by atoms with E-state index in [4.69, 9.17) is 0 Å². The van der Waals surface area contributed by atoms with Gasteiger partial charge in [-0.05, 0) is 42.9 Å². The van der Waals surface area contributed by atoms with Crippen LogP contribution in [-0.2, 0) is 19.6 Å². The highest BCUT2D eigenvalue weighted by atomic mass is 32.2. The Morgan fingerprint density at radius 1 is 1.06 bits per heavy atom. The van der Waals surface area contributed by atoms with Crippen LogP contribution in [0.1, 0.15) is 44.1 Å². The number of carbonyl (C=O) groups excluding carboxylic acids is 2. The van der Waals surface area contributed by atoms with Gasteiger partial charge in [0.2, 0.25) is 0 Å². The summed E-state index contributed by atoms with van der Waals surface area (Å²) in [7, 11) is 0. The fraction of sp³-hybridized carbons (Fsp3) is 0.292. The van der Waals surface area contributed by atoms with Crippen LogP contribution in [0.25, 0.3) is 0 Å². The summed E-state index contributed by atoms with van der Waals surface area (Å²) in [5, 5.41) is 7.31. The quantitative estimate of drug-likeness (QED) is 0.598. The Labute approximate surface area is 186 Å². The second-order valence-electron chi connectivity index (χ2n) is 7.73. The number of fused-ring (bicyclic) bond motifs is 1. The van der Waals surface area contributed by atoms with Crippen LogP contribution in [0, 0.1) is 6.92 Å². The number of nitrogens with one attached hydrogen (secondary N) is 1. The molecule has 6 nitrogen and oxygen atoms in total. The van der Waals surface area contributed by atoms with Gasteiger partial charge < -0.3 is 10.2 Å². The third-order valence-electron chi connectivity index (χ3n) is 5.42. The molecule has 160 valence electrons. The number of nitrogens with zero attached hydrogens (tertiary/aromatic N) is 3. The summed E-state index contributed by atoms with van der Waals surface area (Å²) >= 11 is 1.68. The van der Waals surface area contributed by atoms with Crippen molar-refractivity contribution in [2.24, 2.45) is 0 Å². The number of hydrogen-bond acceptors (Lipinski definition) is 4. The SMILES string of the molecule is CSc1ccc(CNC(=O)c2cc3n(n2)CCCN(Cc2ccc(C)cc2)C3=O)cc1. The highest BCUT2D eigenvalue weighted by Gasteiger charge is 2.26. The first-order chi connectivity index (χ1) is 15.0. The minimum atomic E-state index is -0.271. The van der Waals surface area contributed by atoms with E-state index in [1.54, 1.807) is 22.5 Å². The Balaban J connectivity index is 1.44. The van der Waals surface area contributed by atoms with Crippen LogP contribution in [0.4, 0.5) is 0 Å². The standard InChI is InChI=1S/C24H26N4O2S/c1-17-4-6-19(7-5-17)16-27-12-3-13-28-22(24(27)30)14-21(26-28)23(29)25-15-18-8-10-20(31-2)11-9-18/h4-11,14H,3,12-13,15-16H2,1-2H3,(H,25,29). The van der Waals surface area contributed by atoms with Crippen LogP contribution < -0.4 is 5.32 Å². The molecule has 0 saturated carbocycles. The molecule has 0 atom stereocenters. The maximum Gasteiger partial charge on any atom is 0.272 e. The van der Waals surface area contributed by atoms with Gasteiger partial charge in [-0.1, -0.05) is 42.0 Å². The van der Waals surface area contributed by atoms with Crippen molar-refractivity contribution in [1.29, 1.82) is 0 Å². The minimum absolute atomic E-state index is 0.0859. The highest BCUT2D eigenvalue weighted by Crippen LogP contribution is 2.18. The van der Waals surface area contributed by atoms with Crippen molar-refractivity contribution in [2.75, 3.05) is 12.8 Å². The van der Waals surface area contributed by atoms with Gasteiger partial charge in [0, 0.05) is 37.1 Å². The molecular weight excluding hydrogens is 408 g/mol. The van der Waals surface area contributed by atoms with Gasteiger partial charge >= 0.3 is 0 Å². The molecule has 0 radical (unpaired) electrons. The van der Waals surface area contributed by atoms with Crippen molar-refractivity contribution < 1.29 is 9.59 Å². The summed E-state index contributed by atoms with van der Waals surface area (Å²) in [5.74, 6) is -0.357. The molecule has 0 aliphatic carbocycles. The van der Waals surface area contributed by atoms with Crippen LogP contribution in [0.15, 0.2) is 59.5 Å². The molecule has 1 aromatic heterocycles. The third kappa shape index (κ3) is 4.99. The molecule has 4 rings (SSSR count). The predicted molar refractivity (Wildman–Crippen MR) is 122 cm³/mol. The Kier molecular flexibility index (Phi) is 6.42. The van der Waals surface area contributed by atoms with Crippen molar-refractivity contribution in [1.82, 2.24) is 20.0 Å². The van der Waals surface area contributed by atoms with Gasteiger partial charge in [0.15, 0.2) is 5.69 Å². The van der Waals surface area contributed by atoms with Crippen molar-refractivity contribution in [3.8, 4) is 0 Å². The molecule has 0 saturated heterocycles. The second kappa shape index (κ2) is 9.39. The average molecular weight is 435 g/mol. The van der Waals surface area contributed by atoms with E-state index in [2.05, 4.69) is 34.7 Å². The normalized spacial score (nSPS) is 13.6. The molecule has 1 N–H and O–H groups in total. The van der Waals surface area contributed by atoms with E-state index >= 15 is 0 Å². The predicted octanol–water partition coefficient (Wildman–Crippen LogP) is 3.89. The van der Waals surface area contributed by atoms with Gasteiger partial charge in [-0.3, -0.25) is 14.3 Å². The smallest absolute Gasteiger partial charge is 0.272 e. The lowest BCUT2D eigenvalue weighted by molar-refractivity contribution is 0.0745. The fourth-order valence-corrected chi connectivity index (χ4v) is 4.03. The molecule has 2 amide bonds. The van der Waals surface area contributed by atoms with Crippen molar-refractivity contribution in [3.05, 3.63) is 82.7 Å². The van der Waals surface area contributed by atoms with Gasteiger partial charge in [-0.2, -0.15) is 5.10 Å². The summed E-state index contributed by atoms with van der Waals surface area (Å²) in [6.45, 7) is 4.31. The van der Waals surface area contributed by atoms with E-state index in [1.807, 2.05) is 42.3 Å². The van der Waals surface area contributed by atoms with Crippen LogP contribution in [0.2, 0.25) is 0 Å². The number of thioether (sulfide) groups is 1. The zero-order chi connectivity index (χ0) is 21.8. The molecule has 2 aromatic carbocycles. The molecule has 0 bridgehead atoms. The third-order valence-corrected chi connectivity index (χ3v) is 6.17. The number of rotatable bonds is 6. The first-order valence-corrected chi connectivity index (χ1v) is 11.6. The van der Waals surface area contributed by atoms with Gasteiger partial charge in [-0.15, -0.1) is 11.8 Å². The number of amides is 2. The first kappa shape index (κ1) is 21.2. The molecule has 0 fully saturated rings. The summed E-state index contributed by atoms with van der Waals surface area (Å²) in [4.78, 5) is 28.8. The topological polar surface area (TPSA) is 67.2 Å². The lowest BCUT2D eigenvalue weighted by Crippen LogP contribution is -2.30. The van der Waals surface area contributed by atoms with Gasteiger partial charge in [0.05, 0.1) is 0 Å². The second-order valence-corrected chi connectivity index (χ2v) is 8.61. The lowest BCUT2D eigenvalue weighted by Gasteiger charge is -2.20. The molecule has 1 aliphatic rings. The minimum Gasteiger partial charge on any atom is -0.347 e. The first-order valence-electron chi connectivity index (χ1n) is 10.4. The molecule has 0 unspecified atom stereocenters. The fourth-order valence-electron chi connectivity index (χ4n) is 3.63. The van der Waals surface area contributed by atoms with Crippen LogP contribution >= 0.6 is 11.8 Å². The molecule has 0 spiro atoms. The Morgan fingerprint density at radius 3 is 2.48 bits per heavy atom. The molecule has 7 heteroatoms. The molecule has 2 heterocycles. The van der Waals surface area contributed by atoms with Crippen LogP contribution in [0.3, 0.4) is 0 Å². The monoisotopic (exact) mass is 434 g/mol. The lowest BCUT2D eigenvalue weighted by atomic mass is 10.1. The number of benzene rings is 2. The van der Waals surface area contributed by atoms with E-state index in [0.717, 1.165) is 17.5 Å². The maximum atomic E-state index is 13.1. The van der Waals surface area contributed by atoms with Crippen molar-refractivity contribution in [2.45, 2.75) is 37.9 Å². The maximum absolute atomic E-state index is 13.1. The Bertz CT molecular complexity index is 1070. The van der Waals surface area contributed by atoms with Crippen molar-refractivity contribution in [3.63, 3.8) is 0 Å². The molecule has 31 heavy (non-hydrogen) atoms. The molecule has 1 aliphatic heterocycles. The number of carbonyl (C=O) groups is 2. The number of aromatic nitrogens is 2. The highest BCUT2D eigenvalue weighted by molar-refractivity contribution is 7.98. The number of hydrogen-bond donors (Lipinski definition) is 1. The Morgan fingerprint density at radius 2 is 1.77 bits per heavy atom.